The Bertz CT molecular complexity index is 1390. The molecule has 0 spiro atoms. The second-order valence-electron chi connectivity index (χ2n) is 6.19. The number of hydrogen-bond donors (Lipinski definition) is 2. The predicted octanol–water partition coefficient (Wildman–Crippen LogP) is 1.45. The first-order chi connectivity index (χ1) is 14.0. The Morgan fingerprint density at radius 3 is 2.66 bits per heavy atom. The first kappa shape index (κ1) is 16.9. The number of nitrogens with zero attached hydrogens (tertiary/aromatic N) is 8. The minimum Gasteiger partial charge on any atom is -0.383 e. The van der Waals surface area contributed by atoms with Gasteiger partial charge in [-0.3, -0.25) is 4.98 Å². The van der Waals surface area contributed by atoms with Crippen LogP contribution in [0.3, 0.4) is 0 Å². The van der Waals surface area contributed by atoms with E-state index in [1.165, 1.54) is 40.1 Å². The minimum atomic E-state index is -0.569. The van der Waals surface area contributed by atoms with Crippen LogP contribution in [-0.2, 0) is 6.54 Å². The second kappa shape index (κ2) is 6.15. The van der Waals surface area contributed by atoms with E-state index in [1.54, 1.807) is 0 Å². The summed E-state index contributed by atoms with van der Waals surface area (Å²) >= 11 is 0. The normalized spacial score (nSPS) is 11.5. The van der Waals surface area contributed by atoms with Crippen LogP contribution in [0.4, 0.5) is 20.4 Å². The van der Waals surface area contributed by atoms with E-state index in [0.29, 0.717) is 22.1 Å². The number of pyridine rings is 2. The van der Waals surface area contributed by atoms with E-state index >= 15 is 0 Å². The van der Waals surface area contributed by atoms with Gasteiger partial charge in [-0.05, 0) is 18.2 Å². The van der Waals surface area contributed by atoms with Gasteiger partial charge in [0.2, 0.25) is 0 Å². The van der Waals surface area contributed by atoms with E-state index in [2.05, 4.69) is 30.1 Å². The standard InChI is InChI=1S/C17H12F2N10/c18-8-4-9-15(23-5-8)28(6-11-10(19)2-1-3-22-11)27-16(9)29-17-12(14(21)26-29)13(20)24-7-25-17/h1-5,7H,6H2,(H2,21,26)(H2,20,24,25). The number of rotatable bonds is 3. The minimum absolute atomic E-state index is 0.0202. The van der Waals surface area contributed by atoms with Gasteiger partial charge in [-0.25, -0.2) is 28.4 Å². The third-order valence-electron chi connectivity index (χ3n) is 4.39. The van der Waals surface area contributed by atoms with Crippen LogP contribution in [0.1, 0.15) is 5.69 Å². The maximum absolute atomic E-state index is 14.1. The lowest BCUT2D eigenvalue weighted by molar-refractivity contribution is 0.573. The molecule has 0 aliphatic rings. The van der Waals surface area contributed by atoms with Crippen molar-refractivity contribution in [3.63, 3.8) is 0 Å². The maximum Gasteiger partial charge on any atom is 0.187 e. The van der Waals surface area contributed by atoms with Crippen LogP contribution in [0.2, 0.25) is 0 Å². The van der Waals surface area contributed by atoms with Crippen molar-refractivity contribution in [3.05, 3.63) is 54.2 Å². The molecule has 29 heavy (non-hydrogen) atoms. The highest BCUT2D eigenvalue weighted by Gasteiger charge is 2.21. The zero-order chi connectivity index (χ0) is 20.1. The fourth-order valence-corrected chi connectivity index (χ4v) is 3.11. The van der Waals surface area contributed by atoms with Crippen molar-refractivity contribution in [1.29, 1.82) is 0 Å². The quantitative estimate of drug-likeness (QED) is 0.469. The molecule has 5 aromatic rings. The van der Waals surface area contributed by atoms with Crippen LogP contribution >= 0.6 is 0 Å². The molecule has 12 heteroatoms. The van der Waals surface area contributed by atoms with Gasteiger partial charge < -0.3 is 11.5 Å². The summed E-state index contributed by atoms with van der Waals surface area (Å²) in [6.07, 6.45) is 3.78. The Labute approximate surface area is 160 Å². The lowest BCUT2D eigenvalue weighted by Crippen LogP contribution is -2.08. The average molecular weight is 394 g/mol. The molecule has 0 atom stereocenters. The van der Waals surface area contributed by atoms with Gasteiger partial charge in [-0.1, -0.05) is 0 Å². The van der Waals surface area contributed by atoms with Crippen molar-refractivity contribution in [2.24, 2.45) is 0 Å². The van der Waals surface area contributed by atoms with Crippen LogP contribution in [-0.4, -0.2) is 39.5 Å². The average Bonchev–Trinajstić information content (AvgIpc) is 3.22. The van der Waals surface area contributed by atoms with E-state index in [1.807, 2.05) is 0 Å². The van der Waals surface area contributed by atoms with E-state index in [-0.39, 0.29) is 29.7 Å². The number of halogens is 2. The summed E-state index contributed by atoms with van der Waals surface area (Å²) in [5, 5.41) is 9.38. The first-order valence-corrected chi connectivity index (χ1v) is 8.39. The lowest BCUT2D eigenvalue weighted by Gasteiger charge is -2.03. The molecule has 0 amide bonds. The number of hydrogen-bond acceptors (Lipinski definition) is 8. The highest BCUT2D eigenvalue weighted by Crippen LogP contribution is 2.28. The molecule has 0 aliphatic heterocycles. The number of nitrogen functional groups attached to an aromatic ring is 2. The monoisotopic (exact) mass is 394 g/mol. The van der Waals surface area contributed by atoms with Crippen LogP contribution < -0.4 is 11.5 Å². The molecule has 0 unspecified atom stereocenters. The topological polar surface area (TPSA) is 139 Å². The summed E-state index contributed by atoms with van der Waals surface area (Å²) < 4.78 is 30.8. The molecule has 0 bridgehead atoms. The highest BCUT2D eigenvalue weighted by atomic mass is 19.1. The molecular formula is C17H12F2N10. The van der Waals surface area contributed by atoms with E-state index < -0.39 is 11.6 Å². The van der Waals surface area contributed by atoms with Crippen LogP contribution in [0.5, 0.6) is 0 Å². The van der Waals surface area contributed by atoms with Gasteiger partial charge >= 0.3 is 0 Å². The molecule has 0 radical (unpaired) electrons. The molecule has 5 rings (SSSR count). The van der Waals surface area contributed by atoms with Crippen molar-refractivity contribution in [2.75, 3.05) is 11.5 Å². The van der Waals surface area contributed by atoms with E-state index in [4.69, 9.17) is 11.5 Å². The largest absolute Gasteiger partial charge is 0.383 e. The lowest BCUT2D eigenvalue weighted by atomic mass is 10.3. The molecule has 5 aromatic heterocycles. The van der Waals surface area contributed by atoms with E-state index in [0.717, 1.165) is 6.20 Å². The predicted molar refractivity (Wildman–Crippen MR) is 99.8 cm³/mol. The third-order valence-corrected chi connectivity index (χ3v) is 4.39. The molecule has 5 heterocycles. The molecule has 0 fully saturated rings. The SMILES string of the molecule is Nc1ncnc2c1c(N)nn2-c1nn(Cc2ncccc2F)c2ncc(F)cc12. The van der Waals surface area contributed by atoms with Crippen LogP contribution in [0.15, 0.2) is 36.9 Å². The Kier molecular flexibility index (Phi) is 3.59. The summed E-state index contributed by atoms with van der Waals surface area (Å²) in [7, 11) is 0. The summed E-state index contributed by atoms with van der Waals surface area (Å²) in [5.41, 5.74) is 12.6. The zero-order valence-electron chi connectivity index (χ0n) is 14.7. The van der Waals surface area contributed by atoms with Gasteiger partial charge in [0, 0.05) is 6.20 Å². The van der Waals surface area contributed by atoms with Crippen molar-refractivity contribution in [3.8, 4) is 5.82 Å². The number of anilines is 2. The summed E-state index contributed by atoms with van der Waals surface area (Å²) in [6.45, 7) is -0.0202. The molecule has 144 valence electrons. The summed E-state index contributed by atoms with van der Waals surface area (Å²) in [5.74, 6) is -0.596. The molecule has 0 aromatic carbocycles. The smallest absolute Gasteiger partial charge is 0.187 e. The van der Waals surface area contributed by atoms with Crippen molar-refractivity contribution < 1.29 is 8.78 Å². The van der Waals surface area contributed by atoms with Gasteiger partial charge in [-0.2, -0.15) is 4.68 Å². The molecular weight excluding hydrogens is 382 g/mol. The van der Waals surface area contributed by atoms with Crippen molar-refractivity contribution >= 4 is 33.7 Å². The summed E-state index contributed by atoms with van der Waals surface area (Å²) in [4.78, 5) is 16.2. The Hall–Kier alpha value is -4.22. The van der Waals surface area contributed by atoms with Gasteiger partial charge in [0.05, 0.1) is 23.8 Å². The summed E-state index contributed by atoms with van der Waals surface area (Å²) in [6, 6.07) is 4.04. The third kappa shape index (κ3) is 2.61. The molecule has 0 aliphatic carbocycles. The van der Waals surface area contributed by atoms with Gasteiger partial charge in [0.15, 0.2) is 22.9 Å². The number of nitrogens with two attached hydrogens (primary N) is 2. The molecule has 0 saturated carbocycles. The van der Waals surface area contributed by atoms with Gasteiger partial charge in [0.25, 0.3) is 0 Å². The van der Waals surface area contributed by atoms with Crippen LogP contribution in [0.25, 0.3) is 27.9 Å². The Morgan fingerprint density at radius 2 is 1.83 bits per heavy atom. The highest BCUT2D eigenvalue weighted by molar-refractivity contribution is 5.96. The Morgan fingerprint density at radius 1 is 0.966 bits per heavy atom. The van der Waals surface area contributed by atoms with E-state index in [9.17, 15) is 8.78 Å². The molecule has 0 saturated heterocycles. The van der Waals surface area contributed by atoms with Crippen LogP contribution in [0, 0.1) is 11.6 Å². The maximum atomic E-state index is 14.1. The molecule has 4 N–H and O–H groups in total. The molecule has 10 nitrogen and oxygen atoms in total. The number of fused-ring (bicyclic) bond motifs is 2. The Balaban J connectivity index is 1.76. The fourth-order valence-electron chi connectivity index (χ4n) is 3.11. The second-order valence-corrected chi connectivity index (χ2v) is 6.19. The number of aromatic nitrogens is 8. The first-order valence-electron chi connectivity index (χ1n) is 8.39. The fraction of sp³-hybridized carbons (Fsp3) is 0.0588. The van der Waals surface area contributed by atoms with Gasteiger partial charge in [-0.15, -0.1) is 10.2 Å². The zero-order valence-corrected chi connectivity index (χ0v) is 14.7. The van der Waals surface area contributed by atoms with Crippen molar-refractivity contribution in [1.82, 2.24) is 39.5 Å². The van der Waals surface area contributed by atoms with Gasteiger partial charge in [0.1, 0.15) is 29.2 Å². The van der Waals surface area contributed by atoms with Crippen molar-refractivity contribution in [2.45, 2.75) is 6.54 Å².